The molecule has 0 atom stereocenters. The zero-order valence-corrected chi connectivity index (χ0v) is 14.6. The summed E-state index contributed by atoms with van der Waals surface area (Å²) in [6.07, 6.45) is 3.28. The molecule has 0 saturated heterocycles. The fourth-order valence-corrected chi connectivity index (χ4v) is 3.62. The first-order valence-corrected chi connectivity index (χ1v) is 8.83. The van der Waals surface area contributed by atoms with E-state index in [0.717, 1.165) is 47.2 Å². The van der Waals surface area contributed by atoms with E-state index < -0.39 is 5.82 Å². The Morgan fingerprint density at radius 2 is 2.08 bits per heavy atom. The van der Waals surface area contributed by atoms with Crippen molar-refractivity contribution in [1.82, 2.24) is 4.98 Å². The molecule has 1 saturated carbocycles. The maximum Gasteiger partial charge on any atom is 0.130 e. The van der Waals surface area contributed by atoms with Gasteiger partial charge >= 0.3 is 0 Å². The molecule has 132 valence electrons. The Morgan fingerprint density at radius 1 is 1.27 bits per heavy atom. The van der Waals surface area contributed by atoms with E-state index in [2.05, 4.69) is 16.0 Å². The van der Waals surface area contributed by atoms with Gasteiger partial charge in [0, 0.05) is 28.2 Å². The Kier molecular flexibility index (Phi) is 4.14. The van der Waals surface area contributed by atoms with E-state index in [1.807, 2.05) is 31.2 Å². The molecule has 0 bridgehead atoms. The van der Waals surface area contributed by atoms with Crippen LogP contribution in [0.3, 0.4) is 0 Å². The summed E-state index contributed by atoms with van der Waals surface area (Å²) in [6, 6.07) is 13.1. The van der Waals surface area contributed by atoms with E-state index >= 15 is 0 Å². The molecule has 1 aliphatic carbocycles. The maximum absolute atomic E-state index is 14.3. The molecule has 4 nitrogen and oxygen atoms in total. The third-order valence-corrected chi connectivity index (χ3v) is 5.33. The Balaban J connectivity index is 1.85. The van der Waals surface area contributed by atoms with Gasteiger partial charge in [-0.15, -0.1) is 0 Å². The number of aliphatic hydroxyl groups excluding tert-OH is 1. The van der Waals surface area contributed by atoms with Gasteiger partial charge in [0.1, 0.15) is 11.6 Å². The summed E-state index contributed by atoms with van der Waals surface area (Å²) in [6.45, 7) is 1.74. The molecule has 1 aliphatic rings. The Morgan fingerprint density at radius 3 is 2.69 bits per heavy atom. The first-order valence-electron chi connectivity index (χ1n) is 8.83. The molecule has 0 unspecified atom stereocenters. The van der Waals surface area contributed by atoms with Gasteiger partial charge in [-0.05, 0) is 56.0 Å². The highest BCUT2D eigenvalue weighted by atomic mass is 19.1. The molecule has 0 amide bonds. The molecule has 1 aromatic heterocycles. The van der Waals surface area contributed by atoms with Crippen LogP contribution in [0.15, 0.2) is 36.4 Å². The second kappa shape index (κ2) is 6.47. The van der Waals surface area contributed by atoms with Crippen molar-refractivity contribution in [3.8, 4) is 6.07 Å². The summed E-state index contributed by atoms with van der Waals surface area (Å²) in [5.74, 6) is 0.547. The number of hydrogen-bond acceptors (Lipinski definition) is 3. The van der Waals surface area contributed by atoms with Gasteiger partial charge in [-0.2, -0.15) is 5.26 Å². The number of nitrogens with zero attached hydrogens (tertiary/aromatic N) is 2. The Bertz CT molecular complexity index is 1010. The van der Waals surface area contributed by atoms with Crippen molar-refractivity contribution < 1.29 is 9.50 Å². The topological polar surface area (TPSA) is 63.0 Å². The molecule has 2 N–H and O–H groups in total. The molecule has 0 radical (unpaired) electrons. The van der Waals surface area contributed by atoms with Crippen molar-refractivity contribution in [2.24, 2.45) is 0 Å². The molecular weight excluding hydrogens is 329 g/mol. The van der Waals surface area contributed by atoms with Gasteiger partial charge in [0.2, 0.25) is 0 Å². The number of rotatable bonds is 4. The number of aliphatic hydroxyl groups is 1. The first-order chi connectivity index (χ1) is 12.6. The molecule has 4 rings (SSSR count). The van der Waals surface area contributed by atoms with Crippen LogP contribution >= 0.6 is 0 Å². The quantitative estimate of drug-likeness (QED) is 0.719. The van der Waals surface area contributed by atoms with Crippen LogP contribution in [0, 0.1) is 24.1 Å². The van der Waals surface area contributed by atoms with Crippen LogP contribution in [-0.4, -0.2) is 16.1 Å². The molecule has 1 heterocycles. The van der Waals surface area contributed by atoms with Gasteiger partial charge < -0.3 is 15.0 Å². The number of benzene rings is 2. The molecule has 26 heavy (non-hydrogen) atoms. The number of aromatic nitrogens is 1. The predicted molar refractivity (Wildman–Crippen MR) is 99.9 cm³/mol. The normalized spacial score (nSPS) is 14.2. The summed E-state index contributed by atoms with van der Waals surface area (Å²) >= 11 is 0. The molecule has 3 aromatic rings. The fourth-order valence-electron chi connectivity index (χ4n) is 3.62. The van der Waals surface area contributed by atoms with Gasteiger partial charge in [0.05, 0.1) is 18.2 Å². The summed E-state index contributed by atoms with van der Waals surface area (Å²) in [5.41, 5.74) is 3.68. The first kappa shape index (κ1) is 16.6. The van der Waals surface area contributed by atoms with Crippen LogP contribution in [0.5, 0.6) is 0 Å². The minimum atomic E-state index is -0.394. The maximum atomic E-state index is 14.3. The second-order valence-electron chi connectivity index (χ2n) is 6.86. The summed E-state index contributed by atoms with van der Waals surface area (Å²) < 4.78 is 14.3. The van der Waals surface area contributed by atoms with Crippen LogP contribution in [0.25, 0.3) is 10.9 Å². The third kappa shape index (κ3) is 2.63. The number of aromatic amines is 1. The number of nitrogens with one attached hydrogen (secondary N) is 1. The number of anilines is 2. The second-order valence-corrected chi connectivity index (χ2v) is 6.86. The lowest BCUT2D eigenvalue weighted by atomic mass is 9.90. The van der Waals surface area contributed by atoms with E-state index in [1.54, 1.807) is 6.07 Å². The van der Waals surface area contributed by atoms with Crippen molar-refractivity contribution >= 4 is 22.4 Å². The SMILES string of the molecule is Cc1c(N(c2ccc(CO)c(F)c2)C2CCC2)[nH]c2cc(C#N)ccc12. The predicted octanol–water partition coefficient (Wildman–Crippen LogP) is 4.67. The summed E-state index contributed by atoms with van der Waals surface area (Å²) in [7, 11) is 0. The standard InChI is InChI=1S/C21H20FN3O/c1-13-18-8-5-14(11-23)9-20(18)24-21(13)25(16-3-2-4-16)17-7-6-15(12-26)19(22)10-17/h5-10,16,24,26H,2-4,12H2,1H3. The van der Waals surface area contributed by atoms with E-state index in [1.165, 1.54) is 6.07 Å². The highest BCUT2D eigenvalue weighted by Gasteiger charge is 2.29. The number of fused-ring (bicyclic) bond motifs is 1. The average Bonchev–Trinajstić information content (AvgIpc) is 2.93. The molecule has 2 aromatic carbocycles. The average molecular weight is 349 g/mol. The molecule has 5 heteroatoms. The van der Waals surface area contributed by atoms with Crippen LogP contribution in [0.1, 0.15) is 36.0 Å². The van der Waals surface area contributed by atoms with E-state index in [4.69, 9.17) is 5.26 Å². The summed E-state index contributed by atoms with van der Waals surface area (Å²) in [4.78, 5) is 5.60. The number of nitriles is 1. The fraction of sp³-hybridized carbons (Fsp3) is 0.286. The van der Waals surface area contributed by atoms with Crippen LogP contribution in [0.4, 0.5) is 15.9 Å². The molecular formula is C21H20FN3O. The number of halogens is 1. The minimum Gasteiger partial charge on any atom is -0.392 e. The zero-order valence-electron chi connectivity index (χ0n) is 14.6. The van der Waals surface area contributed by atoms with Crippen molar-refractivity contribution in [2.75, 3.05) is 4.90 Å². The number of aryl methyl sites for hydroxylation is 1. The highest BCUT2D eigenvalue weighted by Crippen LogP contribution is 2.40. The van der Waals surface area contributed by atoms with Gasteiger partial charge in [0.15, 0.2) is 0 Å². The van der Waals surface area contributed by atoms with Gasteiger partial charge in [0.25, 0.3) is 0 Å². The smallest absolute Gasteiger partial charge is 0.130 e. The molecule has 0 aliphatic heterocycles. The van der Waals surface area contributed by atoms with Crippen LogP contribution < -0.4 is 4.90 Å². The third-order valence-electron chi connectivity index (χ3n) is 5.33. The lowest BCUT2D eigenvalue weighted by Crippen LogP contribution is -2.37. The number of hydrogen-bond donors (Lipinski definition) is 2. The minimum absolute atomic E-state index is 0.300. The monoisotopic (exact) mass is 349 g/mol. The lowest BCUT2D eigenvalue weighted by Gasteiger charge is -2.39. The number of H-pyrrole nitrogens is 1. The van der Waals surface area contributed by atoms with Gasteiger partial charge in [-0.25, -0.2) is 4.39 Å². The van der Waals surface area contributed by atoms with E-state index in [0.29, 0.717) is 17.2 Å². The molecule has 0 spiro atoms. The van der Waals surface area contributed by atoms with Crippen molar-refractivity contribution in [1.29, 1.82) is 5.26 Å². The Hall–Kier alpha value is -2.84. The van der Waals surface area contributed by atoms with Crippen LogP contribution in [0.2, 0.25) is 0 Å². The zero-order chi connectivity index (χ0) is 18.3. The van der Waals surface area contributed by atoms with Crippen LogP contribution in [-0.2, 0) is 6.61 Å². The molecule has 1 fully saturated rings. The highest BCUT2D eigenvalue weighted by molar-refractivity contribution is 5.91. The van der Waals surface area contributed by atoms with Gasteiger partial charge in [-0.1, -0.05) is 12.1 Å². The largest absolute Gasteiger partial charge is 0.392 e. The van der Waals surface area contributed by atoms with E-state index in [-0.39, 0.29) is 6.61 Å². The van der Waals surface area contributed by atoms with Crippen molar-refractivity contribution in [2.45, 2.75) is 38.8 Å². The van der Waals surface area contributed by atoms with Gasteiger partial charge in [-0.3, -0.25) is 0 Å². The van der Waals surface area contributed by atoms with Crippen molar-refractivity contribution in [3.05, 3.63) is 58.9 Å². The lowest BCUT2D eigenvalue weighted by molar-refractivity contribution is 0.275. The Labute approximate surface area is 151 Å². The van der Waals surface area contributed by atoms with E-state index in [9.17, 15) is 9.50 Å². The summed E-state index contributed by atoms with van der Waals surface area (Å²) in [5, 5.41) is 19.4. The van der Waals surface area contributed by atoms with Crippen molar-refractivity contribution in [3.63, 3.8) is 0 Å².